The lowest BCUT2D eigenvalue weighted by Gasteiger charge is -2.05. The first-order valence-corrected chi connectivity index (χ1v) is 8.84. The van der Waals surface area contributed by atoms with Gasteiger partial charge in [-0.25, -0.2) is 9.55 Å². The van der Waals surface area contributed by atoms with E-state index in [0.29, 0.717) is 23.1 Å². The lowest BCUT2D eigenvalue weighted by molar-refractivity contribution is 0.0964. The summed E-state index contributed by atoms with van der Waals surface area (Å²) in [5.74, 6) is -0.218. The molecule has 0 aliphatic carbocycles. The van der Waals surface area contributed by atoms with E-state index in [9.17, 15) is 4.79 Å². The quantitative estimate of drug-likeness (QED) is 0.513. The van der Waals surface area contributed by atoms with Crippen LogP contribution >= 0.6 is 0 Å². The second kappa shape index (κ2) is 6.31. The fraction of sp³-hybridized carbons (Fsp3) is 0.0476. The fourth-order valence-electron chi connectivity index (χ4n) is 3.49. The van der Waals surface area contributed by atoms with Crippen molar-refractivity contribution in [1.82, 2.24) is 24.3 Å². The number of para-hydroxylation sites is 1. The molecule has 3 heterocycles. The average molecular weight is 368 g/mol. The second-order valence-corrected chi connectivity index (χ2v) is 6.57. The highest BCUT2D eigenvalue weighted by molar-refractivity contribution is 6.09. The summed E-state index contributed by atoms with van der Waals surface area (Å²) >= 11 is 0. The van der Waals surface area contributed by atoms with Gasteiger partial charge >= 0.3 is 0 Å². The molecule has 2 aromatic carbocycles. The van der Waals surface area contributed by atoms with Gasteiger partial charge < -0.3 is 4.57 Å². The number of aromatic nitrogens is 5. The summed E-state index contributed by atoms with van der Waals surface area (Å²) < 4.78 is 3.49. The van der Waals surface area contributed by atoms with Crippen LogP contribution in [0.1, 0.15) is 15.9 Å². The third-order valence-electron chi connectivity index (χ3n) is 4.85. The minimum absolute atomic E-state index is 0.0827. The maximum atomic E-state index is 13.3. The van der Waals surface area contributed by atoms with Crippen LogP contribution in [0.15, 0.2) is 73.3 Å². The summed E-state index contributed by atoms with van der Waals surface area (Å²) in [5.41, 5.74) is 3.27. The Morgan fingerprint density at radius 2 is 1.82 bits per heavy atom. The SMILES string of the molecule is N=c1ncn(C(=O)c2cn(Cc3ccccc3)c3ccccc23)c2[nH]ncc12. The van der Waals surface area contributed by atoms with Gasteiger partial charge in [0.05, 0.1) is 17.1 Å². The molecule has 3 aromatic heterocycles. The van der Waals surface area contributed by atoms with Crippen molar-refractivity contribution in [1.29, 1.82) is 5.41 Å². The van der Waals surface area contributed by atoms with E-state index in [2.05, 4.69) is 31.9 Å². The molecule has 7 nitrogen and oxygen atoms in total. The number of nitrogens with zero attached hydrogens (tertiary/aromatic N) is 4. The Bertz CT molecular complexity index is 1380. The molecule has 0 unspecified atom stereocenters. The van der Waals surface area contributed by atoms with Crippen LogP contribution in [0.25, 0.3) is 21.9 Å². The van der Waals surface area contributed by atoms with Gasteiger partial charge in [-0.3, -0.25) is 15.3 Å². The molecule has 0 radical (unpaired) electrons. The van der Waals surface area contributed by atoms with E-state index in [-0.39, 0.29) is 11.4 Å². The van der Waals surface area contributed by atoms with Gasteiger partial charge in [0, 0.05) is 23.6 Å². The van der Waals surface area contributed by atoms with E-state index in [1.54, 1.807) is 0 Å². The maximum absolute atomic E-state index is 13.3. The van der Waals surface area contributed by atoms with Crippen molar-refractivity contribution in [2.45, 2.75) is 6.54 Å². The molecule has 2 N–H and O–H groups in total. The molecule has 0 fully saturated rings. The topological polar surface area (TPSA) is 92.4 Å². The smallest absolute Gasteiger partial charge is 0.266 e. The molecule has 5 aromatic rings. The Balaban J connectivity index is 1.66. The average Bonchev–Trinajstić information content (AvgIpc) is 3.35. The fourth-order valence-corrected chi connectivity index (χ4v) is 3.49. The van der Waals surface area contributed by atoms with Crippen molar-refractivity contribution in [2.75, 3.05) is 0 Å². The molecular weight excluding hydrogens is 352 g/mol. The molecule has 136 valence electrons. The molecule has 0 aliphatic heterocycles. The number of carbonyl (C=O) groups is 1. The van der Waals surface area contributed by atoms with Crippen LogP contribution in [-0.4, -0.2) is 30.2 Å². The van der Waals surface area contributed by atoms with E-state index in [0.717, 1.165) is 16.5 Å². The first kappa shape index (κ1) is 16.2. The number of benzene rings is 2. The molecule has 0 spiro atoms. The number of carbonyl (C=O) groups excluding carboxylic acids is 1. The van der Waals surface area contributed by atoms with E-state index in [4.69, 9.17) is 5.41 Å². The standard InChI is InChI=1S/C21H16N6O/c22-19-16-10-24-25-20(16)27(13-23-19)21(28)17-12-26(11-14-6-2-1-3-7-14)18-9-5-4-8-15(17)18/h1-10,12-13,22H,11H2,(H,24,25). The van der Waals surface area contributed by atoms with Crippen molar-refractivity contribution in [3.63, 3.8) is 0 Å². The first-order chi connectivity index (χ1) is 13.7. The largest absolute Gasteiger partial charge is 0.342 e. The molecule has 28 heavy (non-hydrogen) atoms. The number of rotatable bonds is 3. The summed E-state index contributed by atoms with van der Waals surface area (Å²) in [5, 5.41) is 16.0. The van der Waals surface area contributed by atoms with Crippen LogP contribution in [0, 0.1) is 5.41 Å². The van der Waals surface area contributed by atoms with Crippen molar-refractivity contribution >= 4 is 27.8 Å². The lowest BCUT2D eigenvalue weighted by atomic mass is 10.1. The monoisotopic (exact) mass is 368 g/mol. The number of H-pyrrole nitrogens is 1. The highest BCUT2D eigenvalue weighted by Gasteiger charge is 2.19. The van der Waals surface area contributed by atoms with Crippen molar-refractivity contribution in [2.24, 2.45) is 0 Å². The van der Waals surface area contributed by atoms with Crippen LogP contribution < -0.4 is 5.49 Å². The molecule has 0 aliphatic rings. The third-order valence-corrected chi connectivity index (χ3v) is 4.85. The van der Waals surface area contributed by atoms with E-state index in [1.807, 2.05) is 48.7 Å². The molecule has 0 atom stereocenters. The van der Waals surface area contributed by atoms with Crippen LogP contribution in [0.2, 0.25) is 0 Å². The van der Waals surface area contributed by atoms with Crippen molar-refractivity contribution in [3.8, 4) is 0 Å². The Kier molecular flexibility index (Phi) is 3.65. The third kappa shape index (κ3) is 2.52. The van der Waals surface area contributed by atoms with Gasteiger partial charge in [0.25, 0.3) is 5.91 Å². The van der Waals surface area contributed by atoms with Crippen LogP contribution in [-0.2, 0) is 6.54 Å². The van der Waals surface area contributed by atoms with Crippen molar-refractivity contribution in [3.05, 3.63) is 89.9 Å². The van der Waals surface area contributed by atoms with Gasteiger partial charge in [-0.2, -0.15) is 5.10 Å². The molecular formula is C21H16N6O. The van der Waals surface area contributed by atoms with Crippen molar-refractivity contribution < 1.29 is 4.79 Å². The van der Waals surface area contributed by atoms with E-state index < -0.39 is 0 Å². The zero-order valence-electron chi connectivity index (χ0n) is 14.8. The molecule has 0 amide bonds. The van der Waals surface area contributed by atoms with Gasteiger partial charge in [-0.1, -0.05) is 48.5 Å². The van der Waals surface area contributed by atoms with Gasteiger partial charge in [0.15, 0.2) is 5.49 Å². The molecule has 0 bridgehead atoms. The van der Waals surface area contributed by atoms with Gasteiger partial charge in [-0.15, -0.1) is 0 Å². The maximum Gasteiger partial charge on any atom is 0.266 e. The number of hydrogen-bond donors (Lipinski definition) is 2. The van der Waals surface area contributed by atoms with Crippen LogP contribution in [0.4, 0.5) is 0 Å². The Morgan fingerprint density at radius 3 is 2.68 bits per heavy atom. The van der Waals surface area contributed by atoms with E-state index >= 15 is 0 Å². The van der Waals surface area contributed by atoms with Gasteiger partial charge in [-0.05, 0) is 11.6 Å². The number of aromatic amines is 1. The summed E-state index contributed by atoms with van der Waals surface area (Å²) in [7, 11) is 0. The first-order valence-electron chi connectivity index (χ1n) is 8.84. The predicted molar refractivity (Wildman–Crippen MR) is 105 cm³/mol. The Hall–Kier alpha value is -4.00. The number of hydrogen-bond acceptors (Lipinski definition) is 4. The van der Waals surface area contributed by atoms with E-state index in [1.165, 1.54) is 17.1 Å². The zero-order chi connectivity index (χ0) is 19.1. The summed E-state index contributed by atoms with van der Waals surface area (Å²) in [6.07, 6.45) is 4.76. The normalized spacial score (nSPS) is 11.3. The minimum atomic E-state index is -0.218. The highest BCUT2D eigenvalue weighted by Crippen LogP contribution is 2.24. The zero-order valence-corrected chi connectivity index (χ0v) is 14.8. The Morgan fingerprint density at radius 1 is 1.04 bits per heavy atom. The van der Waals surface area contributed by atoms with Gasteiger partial charge in [0.1, 0.15) is 12.0 Å². The highest BCUT2D eigenvalue weighted by atomic mass is 16.2. The summed E-state index contributed by atoms with van der Waals surface area (Å²) in [4.78, 5) is 17.4. The Labute approximate surface area is 159 Å². The number of fused-ring (bicyclic) bond motifs is 2. The molecule has 5 rings (SSSR count). The summed E-state index contributed by atoms with van der Waals surface area (Å²) in [6, 6.07) is 18.0. The van der Waals surface area contributed by atoms with Gasteiger partial charge in [0.2, 0.25) is 0 Å². The molecule has 0 saturated carbocycles. The predicted octanol–water partition coefficient (Wildman–Crippen LogP) is 2.93. The molecule has 7 heteroatoms. The van der Waals surface area contributed by atoms with Crippen LogP contribution in [0.5, 0.6) is 0 Å². The number of nitrogens with one attached hydrogen (secondary N) is 2. The second-order valence-electron chi connectivity index (χ2n) is 6.57. The van der Waals surface area contributed by atoms with Crippen LogP contribution in [0.3, 0.4) is 0 Å². The minimum Gasteiger partial charge on any atom is -0.342 e. The molecule has 0 saturated heterocycles. The lowest BCUT2D eigenvalue weighted by Crippen LogP contribution is -2.18. The summed E-state index contributed by atoms with van der Waals surface area (Å²) in [6.45, 7) is 0.669.